The molecule has 26 heteroatoms. The van der Waals surface area contributed by atoms with E-state index in [9.17, 15) is 30.0 Å². The van der Waals surface area contributed by atoms with Crippen LogP contribution in [0.3, 0.4) is 0 Å². The van der Waals surface area contributed by atoms with Crippen LogP contribution in [0.25, 0.3) is 55.8 Å². The Morgan fingerprint density at radius 1 is 0.545 bits per heavy atom. The summed E-state index contributed by atoms with van der Waals surface area (Å²) in [7, 11) is -8.16. The van der Waals surface area contributed by atoms with Gasteiger partial charge in [-0.15, -0.1) is 0 Å². The fourth-order valence-corrected chi connectivity index (χ4v) is 11.3. The van der Waals surface area contributed by atoms with Crippen molar-refractivity contribution in [2.45, 2.75) is 23.6 Å². The first-order chi connectivity index (χ1) is 42.1. The number of hydrogen-bond acceptors (Lipinski definition) is 18. The molecule has 0 spiro atoms. The number of fused-ring (bicyclic) bond motifs is 2. The second kappa shape index (κ2) is 26.7. The molecule has 2 aliphatic heterocycles. The summed E-state index contributed by atoms with van der Waals surface area (Å²) in [5.74, 6) is -2.92. The standard InChI is InChI=1S/C31H27F2N5O3S.C24H20ClF2N5O.C7H9BO4S/c1-19-29(25-5-3-4-10-34-25)36-26-16-21(32)15-24(33)28(26)30(19)37-27-17-22(38-11-13-41-14-12-38)18-35-31(27)20-6-8-23(9-7-20)42(2,39)40;1-14-22(18-4-2-3-5-28-18)30-19-11-15(26)10-17(27)21(19)23(14)31-20-12-16(13-29-24(20)25)32-6-8-33-9-7-32;1-13(11,12)7-4-2-6(3-5-7)8(9)10/h3-10,15-18H,11-14H2,1-2H3,(H,36,37);2-5,10-13H,6-9H2,1H3,(H,30,31);2-5,9-10H,1H3. The first-order valence-electron chi connectivity index (χ1n) is 27.3. The van der Waals surface area contributed by atoms with Crippen LogP contribution in [0.15, 0.2) is 156 Å². The van der Waals surface area contributed by atoms with Gasteiger partial charge < -0.3 is 40.0 Å². The Morgan fingerprint density at radius 3 is 1.41 bits per heavy atom. The molecular formula is C62H56BClF4N10O8S2. The fraction of sp³-hybridized carbons (Fsp3) is 0.194. The topological polar surface area (TPSA) is 235 Å². The van der Waals surface area contributed by atoms with Crippen LogP contribution in [0.4, 0.5) is 51.7 Å². The van der Waals surface area contributed by atoms with Gasteiger partial charge in [-0.3, -0.25) is 15.0 Å². The van der Waals surface area contributed by atoms with Gasteiger partial charge in [0.2, 0.25) is 0 Å². The fourth-order valence-electron chi connectivity index (χ4n) is 9.94. The van der Waals surface area contributed by atoms with E-state index in [1.54, 1.807) is 68.1 Å². The molecule has 2 aliphatic rings. The van der Waals surface area contributed by atoms with Gasteiger partial charge in [0.05, 0.1) is 133 Å². The highest BCUT2D eigenvalue weighted by atomic mass is 35.5. The molecular weight excluding hydrogens is 1200 g/mol. The van der Waals surface area contributed by atoms with Crippen LogP contribution >= 0.6 is 11.6 Å². The van der Waals surface area contributed by atoms with Gasteiger partial charge in [-0.1, -0.05) is 48.0 Å². The van der Waals surface area contributed by atoms with Gasteiger partial charge in [-0.05, 0) is 80.0 Å². The van der Waals surface area contributed by atoms with Crippen LogP contribution in [0.1, 0.15) is 11.1 Å². The average Bonchev–Trinajstić information content (AvgIpc) is 2.04. The highest BCUT2D eigenvalue weighted by molar-refractivity contribution is 7.91. The maximum atomic E-state index is 15.4. The summed E-state index contributed by atoms with van der Waals surface area (Å²) in [6, 6.07) is 30.5. The van der Waals surface area contributed by atoms with Gasteiger partial charge in [0.25, 0.3) is 0 Å². The lowest BCUT2D eigenvalue weighted by Gasteiger charge is -2.29. The van der Waals surface area contributed by atoms with Crippen LogP contribution in [0.5, 0.6) is 0 Å². The van der Waals surface area contributed by atoms with E-state index < -0.39 is 50.1 Å². The van der Waals surface area contributed by atoms with E-state index in [0.29, 0.717) is 107 Å². The van der Waals surface area contributed by atoms with Gasteiger partial charge in [0.15, 0.2) is 24.8 Å². The van der Waals surface area contributed by atoms with Crippen molar-refractivity contribution in [1.82, 2.24) is 29.9 Å². The van der Waals surface area contributed by atoms with Crippen molar-refractivity contribution in [3.05, 3.63) is 186 Å². The van der Waals surface area contributed by atoms with E-state index in [0.717, 1.165) is 49.1 Å². The highest BCUT2D eigenvalue weighted by Gasteiger charge is 2.24. The number of anilines is 6. The van der Waals surface area contributed by atoms with Gasteiger partial charge in [0.1, 0.15) is 23.3 Å². The molecule has 4 aromatic carbocycles. The molecule has 2 fully saturated rings. The molecule has 12 rings (SSSR count). The molecule has 4 N–H and O–H groups in total. The van der Waals surface area contributed by atoms with E-state index in [1.807, 2.05) is 31.2 Å². The van der Waals surface area contributed by atoms with Crippen molar-refractivity contribution < 1.29 is 53.9 Å². The molecule has 6 aromatic heterocycles. The molecule has 10 aromatic rings. The summed E-state index contributed by atoms with van der Waals surface area (Å²) in [5, 5.41) is 24.6. The Kier molecular flexibility index (Phi) is 19.0. The van der Waals surface area contributed by atoms with E-state index in [1.165, 1.54) is 48.5 Å². The molecule has 88 heavy (non-hydrogen) atoms. The number of sulfone groups is 2. The number of nitrogens with one attached hydrogen (secondary N) is 2. The van der Waals surface area contributed by atoms with E-state index in [-0.39, 0.29) is 42.2 Å². The number of benzene rings is 4. The largest absolute Gasteiger partial charge is 0.488 e. The van der Waals surface area contributed by atoms with Gasteiger partial charge >= 0.3 is 7.12 Å². The third-order valence-electron chi connectivity index (χ3n) is 14.4. The van der Waals surface area contributed by atoms with Crippen molar-refractivity contribution >= 4 is 99.8 Å². The quantitative estimate of drug-likeness (QED) is 0.0506. The van der Waals surface area contributed by atoms with Crippen LogP contribution in [-0.2, 0) is 29.1 Å². The first-order valence-corrected chi connectivity index (χ1v) is 31.5. The number of rotatable bonds is 12. The highest BCUT2D eigenvalue weighted by Crippen LogP contribution is 2.41. The third-order valence-corrected chi connectivity index (χ3v) is 17.0. The third kappa shape index (κ3) is 14.3. The molecule has 2 saturated heterocycles. The number of aromatic nitrogens is 6. The van der Waals surface area contributed by atoms with Gasteiger partial charge in [0, 0.05) is 92.0 Å². The summed E-state index contributed by atoms with van der Waals surface area (Å²) >= 11 is 6.41. The van der Waals surface area contributed by atoms with Crippen LogP contribution < -0.4 is 25.9 Å². The lowest BCUT2D eigenvalue weighted by molar-refractivity contribution is 0.122. The smallest absolute Gasteiger partial charge is 0.423 e. The minimum atomic E-state index is -3.39. The second-order valence-corrected chi connectivity index (χ2v) is 24.9. The van der Waals surface area contributed by atoms with Crippen LogP contribution in [-0.4, -0.2) is 129 Å². The summed E-state index contributed by atoms with van der Waals surface area (Å²) in [5.41, 5.74) is 8.78. The SMILES string of the molecule is CS(=O)(=O)c1ccc(B(O)O)cc1.Cc1c(-c2ccccn2)nc2cc(F)cc(F)c2c1Nc1cc(N2CCOCC2)cnc1-c1ccc(S(C)(=O)=O)cc1.Cc1c(-c2ccccn2)nc2cc(F)cc(F)c2c1Nc1cc(N2CCOCC2)cnc1Cl. The zero-order valence-electron chi connectivity index (χ0n) is 47.7. The van der Waals surface area contributed by atoms with Crippen molar-refractivity contribution in [2.24, 2.45) is 0 Å². The Labute approximate surface area is 509 Å². The molecule has 0 aliphatic carbocycles. The van der Waals surface area contributed by atoms with Crippen molar-refractivity contribution in [1.29, 1.82) is 0 Å². The molecule has 0 atom stereocenters. The molecule has 18 nitrogen and oxygen atoms in total. The maximum absolute atomic E-state index is 15.4. The molecule has 0 amide bonds. The number of morpholine rings is 2. The van der Waals surface area contributed by atoms with E-state index in [2.05, 4.69) is 45.4 Å². The van der Waals surface area contributed by atoms with E-state index in [4.69, 9.17) is 36.1 Å². The summed E-state index contributed by atoms with van der Waals surface area (Å²) in [4.78, 5) is 31.6. The Bertz CT molecular complexity index is 4430. The molecule has 0 bridgehead atoms. The van der Waals surface area contributed by atoms with Crippen molar-refractivity contribution in [3.63, 3.8) is 0 Å². The Balaban J connectivity index is 0.000000165. The number of pyridine rings is 6. The predicted octanol–water partition coefficient (Wildman–Crippen LogP) is 10.2. The van der Waals surface area contributed by atoms with Crippen molar-refractivity contribution in [2.75, 3.05) is 85.6 Å². The number of ether oxygens (including phenoxy) is 2. The average molecular weight is 1260 g/mol. The monoisotopic (exact) mass is 1250 g/mol. The predicted molar refractivity (Wildman–Crippen MR) is 333 cm³/mol. The van der Waals surface area contributed by atoms with Crippen molar-refractivity contribution in [3.8, 4) is 34.0 Å². The molecule has 0 radical (unpaired) electrons. The Morgan fingerprint density at radius 2 is 0.977 bits per heavy atom. The number of nitrogens with zero attached hydrogens (tertiary/aromatic N) is 8. The Hall–Kier alpha value is -8.69. The molecule has 8 heterocycles. The normalized spacial score (nSPS) is 13.5. The van der Waals surface area contributed by atoms with Gasteiger partial charge in [-0.25, -0.2) is 49.3 Å². The minimum Gasteiger partial charge on any atom is -0.423 e. The lowest BCUT2D eigenvalue weighted by Crippen LogP contribution is -2.36. The van der Waals surface area contributed by atoms with E-state index >= 15 is 4.39 Å². The molecule has 0 saturated carbocycles. The number of halogens is 5. The minimum absolute atomic E-state index is 0.128. The summed E-state index contributed by atoms with van der Waals surface area (Å²) in [6.07, 6.45) is 8.98. The summed E-state index contributed by atoms with van der Waals surface area (Å²) in [6.45, 7) is 8.86. The number of hydrogen-bond donors (Lipinski definition) is 4. The van der Waals surface area contributed by atoms with Crippen LogP contribution in [0.2, 0.25) is 5.15 Å². The van der Waals surface area contributed by atoms with Crippen LogP contribution in [0, 0.1) is 37.1 Å². The summed E-state index contributed by atoms with van der Waals surface area (Å²) < 4.78 is 116. The first kappa shape index (κ1) is 62.4. The zero-order chi connectivity index (χ0) is 62.4. The maximum Gasteiger partial charge on any atom is 0.488 e. The molecule has 0 unspecified atom stereocenters. The zero-order valence-corrected chi connectivity index (χ0v) is 50.1. The molecule has 452 valence electrons. The second-order valence-electron chi connectivity index (χ2n) is 20.5. The van der Waals surface area contributed by atoms with Gasteiger partial charge in [-0.2, -0.15) is 0 Å². The lowest BCUT2D eigenvalue weighted by atomic mass is 9.81.